The van der Waals surface area contributed by atoms with Gasteiger partial charge in [-0.15, -0.1) is 0 Å². The molecular formula is C10H22N4. The molecule has 0 aromatic carbocycles. The van der Waals surface area contributed by atoms with E-state index in [2.05, 4.69) is 36.2 Å². The highest BCUT2D eigenvalue weighted by molar-refractivity contribution is 5.79. The molecule has 14 heavy (non-hydrogen) atoms. The number of hydrazine groups is 1. The van der Waals surface area contributed by atoms with Crippen molar-refractivity contribution >= 4 is 5.96 Å². The van der Waals surface area contributed by atoms with E-state index in [1.54, 1.807) is 0 Å². The molecule has 0 bridgehead atoms. The summed E-state index contributed by atoms with van der Waals surface area (Å²) < 4.78 is 0. The summed E-state index contributed by atoms with van der Waals surface area (Å²) in [5.41, 5.74) is 2.69. The molecule has 1 saturated carbocycles. The summed E-state index contributed by atoms with van der Waals surface area (Å²) >= 11 is 0. The molecule has 1 rings (SSSR count). The molecule has 1 fully saturated rings. The van der Waals surface area contributed by atoms with Gasteiger partial charge in [-0.25, -0.2) is 10.8 Å². The van der Waals surface area contributed by atoms with Gasteiger partial charge in [-0.3, -0.25) is 5.43 Å². The molecule has 82 valence electrons. The minimum absolute atomic E-state index is 0.282. The first-order valence-corrected chi connectivity index (χ1v) is 5.42. The highest BCUT2D eigenvalue weighted by Gasteiger charge is 2.21. The molecular weight excluding hydrogens is 176 g/mol. The first-order valence-electron chi connectivity index (χ1n) is 5.42. The van der Waals surface area contributed by atoms with Gasteiger partial charge < -0.3 is 4.90 Å². The van der Waals surface area contributed by atoms with Gasteiger partial charge in [0, 0.05) is 19.1 Å². The first kappa shape index (κ1) is 11.3. The molecule has 0 radical (unpaired) electrons. The lowest BCUT2D eigenvalue weighted by Gasteiger charge is -2.27. The van der Waals surface area contributed by atoms with Gasteiger partial charge in [0.15, 0.2) is 0 Å². The molecule has 1 aliphatic rings. The van der Waals surface area contributed by atoms with E-state index in [9.17, 15) is 0 Å². The number of hydrogen-bond donors (Lipinski definition) is 2. The largest absolute Gasteiger partial charge is 0.342 e. The summed E-state index contributed by atoms with van der Waals surface area (Å²) in [5, 5.41) is 0. The highest BCUT2D eigenvalue weighted by Crippen LogP contribution is 2.22. The van der Waals surface area contributed by atoms with Crippen LogP contribution in [0, 0.1) is 0 Å². The van der Waals surface area contributed by atoms with Crippen molar-refractivity contribution in [1.29, 1.82) is 0 Å². The molecule has 4 nitrogen and oxygen atoms in total. The third kappa shape index (κ3) is 2.87. The quantitative estimate of drug-likeness (QED) is 0.302. The molecule has 0 heterocycles. The van der Waals surface area contributed by atoms with Crippen LogP contribution in [0.15, 0.2) is 4.99 Å². The first-order chi connectivity index (χ1) is 6.65. The third-order valence-corrected chi connectivity index (χ3v) is 2.72. The van der Waals surface area contributed by atoms with Gasteiger partial charge in [-0.1, -0.05) is 12.8 Å². The number of guanidine groups is 1. The zero-order chi connectivity index (χ0) is 10.6. The molecule has 4 heteroatoms. The summed E-state index contributed by atoms with van der Waals surface area (Å²) in [5.74, 6) is 6.28. The number of nitrogens with two attached hydrogens (primary N) is 1. The SMILES string of the molecule is CC(C)N=C(NN)N(C)C1CCCC1. The van der Waals surface area contributed by atoms with E-state index in [4.69, 9.17) is 5.84 Å². The molecule has 0 aromatic rings. The van der Waals surface area contributed by atoms with Crippen molar-refractivity contribution in [3.05, 3.63) is 0 Å². The van der Waals surface area contributed by atoms with Gasteiger partial charge in [0.05, 0.1) is 0 Å². The Labute approximate surface area is 86.5 Å². The highest BCUT2D eigenvalue weighted by atomic mass is 15.4. The normalized spacial score (nSPS) is 19.1. The lowest BCUT2D eigenvalue weighted by atomic mass is 10.2. The van der Waals surface area contributed by atoms with Crippen LogP contribution in [0.5, 0.6) is 0 Å². The number of nitrogens with zero attached hydrogens (tertiary/aromatic N) is 2. The summed E-state index contributed by atoms with van der Waals surface area (Å²) in [4.78, 5) is 6.62. The van der Waals surface area contributed by atoms with Crippen molar-refractivity contribution in [3.8, 4) is 0 Å². The topological polar surface area (TPSA) is 53.6 Å². The Morgan fingerprint density at radius 3 is 2.43 bits per heavy atom. The number of nitrogens with one attached hydrogen (secondary N) is 1. The average molecular weight is 198 g/mol. The lowest BCUT2D eigenvalue weighted by Crippen LogP contribution is -2.47. The van der Waals surface area contributed by atoms with E-state index in [0.717, 1.165) is 5.96 Å². The maximum Gasteiger partial charge on any atom is 0.208 e. The minimum atomic E-state index is 0.282. The van der Waals surface area contributed by atoms with Crippen molar-refractivity contribution in [2.45, 2.75) is 51.6 Å². The summed E-state index contributed by atoms with van der Waals surface area (Å²) in [6.45, 7) is 4.11. The standard InChI is InChI=1S/C10H22N4/c1-8(2)12-10(13-11)14(3)9-6-4-5-7-9/h8-9H,4-7,11H2,1-3H3,(H,12,13). The summed E-state index contributed by atoms with van der Waals surface area (Å²) in [7, 11) is 2.07. The van der Waals surface area contributed by atoms with Crippen molar-refractivity contribution in [1.82, 2.24) is 10.3 Å². The van der Waals surface area contributed by atoms with Crippen molar-refractivity contribution < 1.29 is 0 Å². The molecule has 0 atom stereocenters. The van der Waals surface area contributed by atoms with Crippen LogP contribution in [0.3, 0.4) is 0 Å². The second-order valence-corrected chi connectivity index (χ2v) is 4.24. The van der Waals surface area contributed by atoms with E-state index in [1.807, 2.05) is 0 Å². The zero-order valence-corrected chi connectivity index (χ0v) is 9.45. The Balaban J connectivity index is 2.58. The smallest absolute Gasteiger partial charge is 0.208 e. The Hall–Kier alpha value is -0.770. The molecule has 0 aliphatic heterocycles. The molecule has 0 unspecified atom stereocenters. The second-order valence-electron chi connectivity index (χ2n) is 4.24. The van der Waals surface area contributed by atoms with Crippen LogP contribution in [0.2, 0.25) is 0 Å². The number of aliphatic imine (C=N–C) groups is 1. The second kappa shape index (κ2) is 5.20. The van der Waals surface area contributed by atoms with E-state index in [0.29, 0.717) is 6.04 Å². The van der Waals surface area contributed by atoms with Gasteiger partial charge in [0.25, 0.3) is 0 Å². The van der Waals surface area contributed by atoms with Crippen molar-refractivity contribution in [2.24, 2.45) is 10.8 Å². The van der Waals surface area contributed by atoms with Gasteiger partial charge in [-0.2, -0.15) is 0 Å². The van der Waals surface area contributed by atoms with Crippen LogP contribution in [0.1, 0.15) is 39.5 Å². The molecule has 0 aromatic heterocycles. The van der Waals surface area contributed by atoms with Gasteiger partial charge in [0.2, 0.25) is 5.96 Å². The van der Waals surface area contributed by atoms with Crippen LogP contribution < -0.4 is 11.3 Å². The molecule has 0 spiro atoms. The Kier molecular flexibility index (Phi) is 4.20. The Morgan fingerprint density at radius 2 is 2.00 bits per heavy atom. The maximum absolute atomic E-state index is 5.47. The van der Waals surface area contributed by atoms with Gasteiger partial charge in [-0.05, 0) is 26.7 Å². The Morgan fingerprint density at radius 1 is 1.43 bits per heavy atom. The maximum atomic E-state index is 5.47. The fourth-order valence-corrected chi connectivity index (χ4v) is 1.94. The van der Waals surface area contributed by atoms with Crippen LogP contribution in [0.25, 0.3) is 0 Å². The van der Waals surface area contributed by atoms with Crippen molar-refractivity contribution in [2.75, 3.05) is 7.05 Å². The summed E-state index contributed by atoms with van der Waals surface area (Å²) in [6.07, 6.45) is 5.17. The zero-order valence-electron chi connectivity index (χ0n) is 9.45. The third-order valence-electron chi connectivity index (χ3n) is 2.72. The van der Waals surface area contributed by atoms with E-state index < -0.39 is 0 Å². The predicted molar refractivity (Wildman–Crippen MR) is 59.9 cm³/mol. The fraction of sp³-hybridized carbons (Fsp3) is 0.900. The van der Waals surface area contributed by atoms with Gasteiger partial charge >= 0.3 is 0 Å². The monoisotopic (exact) mass is 198 g/mol. The van der Waals surface area contributed by atoms with Crippen LogP contribution in [-0.4, -0.2) is 30.0 Å². The molecule has 0 amide bonds. The minimum Gasteiger partial charge on any atom is -0.342 e. The lowest BCUT2D eigenvalue weighted by molar-refractivity contribution is 0.358. The fourth-order valence-electron chi connectivity index (χ4n) is 1.94. The Bertz CT molecular complexity index is 194. The van der Waals surface area contributed by atoms with E-state index >= 15 is 0 Å². The number of hydrogen-bond acceptors (Lipinski definition) is 2. The molecule has 1 aliphatic carbocycles. The van der Waals surface area contributed by atoms with Gasteiger partial charge in [0.1, 0.15) is 0 Å². The van der Waals surface area contributed by atoms with E-state index in [1.165, 1.54) is 25.7 Å². The van der Waals surface area contributed by atoms with Crippen molar-refractivity contribution in [3.63, 3.8) is 0 Å². The van der Waals surface area contributed by atoms with Crippen LogP contribution in [0.4, 0.5) is 0 Å². The average Bonchev–Trinajstić information content (AvgIpc) is 2.65. The van der Waals surface area contributed by atoms with E-state index in [-0.39, 0.29) is 6.04 Å². The predicted octanol–water partition coefficient (Wildman–Crippen LogP) is 1.09. The molecule has 3 N–H and O–H groups in total. The van der Waals surface area contributed by atoms with Crippen LogP contribution in [-0.2, 0) is 0 Å². The molecule has 0 saturated heterocycles. The summed E-state index contributed by atoms with van der Waals surface area (Å²) in [6, 6.07) is 0.897. The van der Waals surface area contributed by atoms with Crippen LogP contribution >= 0.6 is 0 Å². The number of rotatable bonds is 2.